The van der Waals surface area contributed by atoms with E-state index < -0.39 is 0 Å². The second-order valence-electron chi connectivity index (χ2n) is 6.86. The molecule has 1 N–H and O–H groups in total. The summed E-state index contributed by atoms with van der Waals surface area (Å²) in [6, 6.07) is 8.82. The van der Waals surface area contributed by atoms with Crippen molar-refractivity contribution >= 4 is 5.91 Å². The summed E-state index contributed by atoms with van der Waals surface area (Å²) in [6.45, 7) is 3.84. The van der Waals surface area contributed by atoms with Crippen molar-refractivity contribution in [1.29, 1.82) is 0 Å². The third kappa shape index (κ3) is 5.00. The molecule has 1 fully saturated rings. The SMILES string of the molecule is Cc1cc(C)nc(OC2CCC(NC(=O)Cc3ccccc3F)CC2)n1. The summed E-state index contributed by atoms with van der Waals surface area (Å²) < 4.78 is 19.5. The lowest BCUT2D eigenvalue weighted by Gasteiger charge is -2.29. The van der Waals surface area contributed by atoms with Gasteiger partial charge in [0.05, 0.1) is 6.42 Å². The molecule has 1 aromatic heterocycles. The first kappa shape index (κ1) is 18.3. The van der Waals surface area contributed by atoms with Crippen LogP contribution < -0.4 is 10.1 Å². The Kier molecular flexibility index (Phi) is 5.81. The minimum Gasteiger partial charge on any atom is -0.460 e. The second-order valence-corrected chi connectivity index (χ2v) is 6.86. The number of hydrogen-bond acceptors (Lipinski definition) is 4. The molecule has 0 spiro atoms. The summed E-state index contributed by atoms with van der Waals surface area (Å²) in [4.78, 5) is 20.8. The fourth-order valence-electron chi connectivity index (χ4n) is 3.31. The lowest BCUT2D eigenvalue weighted by atomic mass is 9.92. The van der Waals surface area contributed by atoms with Gasteiger partial charge in [0.1, 0.15) is 11.9 Å². The molecule has 1 amide bonds. The average Bonchev–Trinajstić information content (AvgIpc) is 2.58. The van der Waals surface area contributed by atoms with Crippen LogP contribution in [-0.4, -0.2) is 28.0 Å². The standard InChI is InChI=1S/C20H24FN3O2/c1-13-11-14(2)23-20(22-13)26-17-9-7-16(8-10-17)24-19(25)12-15-5-3-4-6-18(15)21/h3-6,11,16-17H,7-10,12H2,1-2H3,(H,24,25). The highest BCUT2D eigenvalue weighted by Crippen LogP contribution is 2.22. The van der Waals surface area contributed by atoms with E-state index in [2.05, 4.69) is 15.3 Å². The van der Waals surface area contributed by atoms with Gasteiger partial charge in [-0.05, 0) is 57.2 Å². The van der Waals surface area contributed by atoms with Gasteiger partial charge < -0.3 is 10.1 Å². The fourth-order valence-corrected chi connectivity index (χ4v) is 3.31. The Bertz CT molecular complexity index is 753. The van der Waals surface area contributed by atoms with Gasteiger partial charge >= 0.3 is 6.01 Å². The van der Waals surface area contributed by atoms with E-state index >= 15 is 0 Å². The molecule has 3 rings (SSSR count). The zero-order valence-corrected chi connectivity index (χ0v) is 15.2. The molecule has 6 heteroatoms. The van der Waals surface area contributed by atoms with Crippen LogP contribution in [0.15, 0.2) is 30.3 Å². The molecular formula is C20H24FN3O2. The molecule has 5 nitrogen and oxygen atoms in total. The zero-order chi connectivity index (χ0) is 18.5. The van der Waals surface area contributed by atoms with E-state index in [9.17, 15) is 9.18 Å². The quantitative estimate of drug-likeness (QED) is 0.892. The van der Waals surface area contributed by atoms with Crippen LogP contribution >= 0.6 is 0 Å². The average molecular weight is 357 g/mol. The van der Waals surface area contributed by atoms with Gasteiger partial charge in [-0.2, -0.15) is 0 Å². The fraction of sp³-hybridized carbons (Fsp3) is 0.450. The Morgan fingerprint density at radius 2 is 1.81 bits per heavy atom. The van der Waals surface area contributed by atoms with Crippen LogP contribution in [0.3, 0.4) is 0 Å². The Balaban J connectivity index is 1.46. The molecule has 0 unspecified atom stereocenters. The summed E-state index contributed by atoms with van der Waals surface area (Å²) in [5.74, 6) is -0.481. The first-order valence-corrected chi connectivity index (χ1v) is 9.01. The first-order valence-electron chi connectivity index (χ1n) is 9.01. The number of nitrogens with one attached hydrogen (secondary N) is 1. The maximum Gasteiger partial charge on any atom is 0.317 e. The Labute approximate surface area is 153 Å². The number of rotatable bonds is 5. The van der Waals surface area contributed by atoms with E-state index in [0.717, 1.165) is 37.1 Å². The molecular weight excluding hydrogens is 333 g/mol. The molecule has 0 aliphatic heterocycles. The van der Waals surface area contributed by atoms with Crippen molar-refractivity contribution in [2.45, 2.75) is 58.1 Å². The second kappa shape index (κ2) is 8.25. The number of hydrogen-bond donors (Lipinski definition) is 1. The molecule has 0 atom stereocenters. The Hall–Kier alpha value is -2.50. The first-order chi connectivity index (χ1) is 12.5. The van der Waals surface area contributed by atoms with Gasteiger partial charge in [0.25, 0.3) is 0 Å². The summed E-state index contributed by atoms with van der Waals surface area (Å²) in [7, 11) is 0. The number of nitrogens with zero attached hydrogens (tertiary/aromatic N) is 2. The summed E-state index contributed by atoms with van der Waals surface area (Å²) in [6.07, 6.45) is 3.47. The number of carbonyl (C=O) groups excluding carboxylic acids is 1. The molecule has 138 valence electrons. The van der Waals surface area contributed by atoms with E-state index in [-0.39, 0.29) is 30.3 Å². The lowest BCUT2D eigenvalue weighted by Crippen LogP contribution is -2.40. The molecule has 0 radical (unpaired) electrons. The largest absolute Gasteiger partial charge is 0.460 e. The van der Waals surface area contributed by atoms with Gasteiger partial charge in [-0.15, -0.1) is 0 Å². The van der Waals surface area contributed by atoms with E-state index in [0.29, 0.717) is 11.6 Å². The van der Waals surface area contributed by atoms with Gasteiger partial charge in [0.15, 0.2) is 0 Å². The number of aromatic nitrogens is 2. The molecule has 0 saturated heterocycles. The van der Waals surface area contributed by atoms with Crippen LogP contribution in [0.4, 0.5) is 4.39 Å². The third-order valence-electron chi connectivity index (χ3n) is 4.58. The number of amides is 1. The van der Waals surface area contributed by atoms with Crippen molar-refractivity contribution in [2.75, 3.05) is 0 Å². The summed E-state index contributed by atoms with van der Waals surface area (Å²) in [5.41, 5.74) is 2.21. The van der Waals surface area contributed by atoms with Crippen molar-refractivity contribution < 1.29 is 13.9 Å². The van der Waals surface area contributed by atoms with Crippen molar-refractivity contribution in [1.82, 2.24) is 15.3 Å². The van der Waals surface area contributed by atoms with Crippen LogP contribution in [0.25, 0.3) is 0 Å². The zero-order valence-electron chi connectivity index (χ0n) is 15.2. The highest BCUT2D eigenvalue weighted by molar-refractivity contribution is 5.78. The minimum atomic E-state index is -0.340. The number of carbonyl (C=O) groups is 1. The molecule has 1 saturated carbocycles. The lowest BCUT2D eigenvalue weighted by molar-refractivity contribution is -0.121. The smallest absolute Gasteiger partial charge is 0.317 e. The summed E-state index contributed by atoms with van der Waals surface area (Å²) >= 11 is 0. The van der Waals surface area contributed by atoms with Gasteiger partial charge in [-0.1, -0.05) is 18.2 Å². The predicted octanol–water partition coefficient (Wildman–Crippen LogP) is 3.28. The van der Waals surface area contributed by atoms with Crippen LogP contribution in [0.2, 0.25) is 0 Å². The summed E-state index contributed by atoms with van der Waals surface area (Å²) in [5, 5.41) is 3.00. The Morgan fingerprint density at radius 3 is 2.46 bits per heavy atom. The highest BCUT2D eigenvalue weighted by Gasteiger charge is 2.24. The van der Waals surface area contributed by atoms with Crippen molar-refractivity contribution in [2.24, 2.45) is 0 Å². The number of benzene rings is 1. The Morgan fingerprint density at radius 1 is 1.15 bits per heavy atom. The number of aryl methyl sites for hydroxylation is 2. The molecule has 26 heavy (non-hydrogen) atoms. The normalized spacial score (nSPS) is 19.8. The predicted molar refractivity (Wildman–Crippen MR) is 96.4 cm³/mol. The van der Waals surface area contributed by atoms with Crippen LogP contribution in [0, 0.1) is 19.7 Å². The van der Waals surface area contributed by atoms with E-state index in [1.54, 1.807) is 18.2 Å². The number of ether oxygens (including phenoxy) is 1. The molecule has 1 aliphatic carbocycles. The topological polar surface area (TPSA) is 64.1 Å². The van der Waals surface area contributed by atoms with Gasteiger partial charge in [-0.3, -0.25) is 4.79 Å². The maximum atomic E-state index is 13.6. The molecule has 1 aliphatic rings. The molecule has 1 aromatic carbocycles. The molecule has 2 aromatic rings. The van der Waals surface area contributed by atoms with E-state index in [1.165, 1.54) is 6.07 Å². The van der Waals surface area contributed by atoms with Crippen LogP contribution in [0.1, 0.15) is 42.6 Å². The van der Waals surface area contributed by atoms with E-state index in [1.807, 2.05) is 19.9 Å². The van der Waals surface area contributed by atoms with E-state index in [4.69, 9.17) is 4.74 Å². The van der Waals surface area contributed by atoms with Crippen molar-refractivity contribution in [3.63, 3.8) is 0 Å². The van der Waals surface area contributed by atoms with Crippen LogP contribution in [0.5, 0.6) is 6.01 Å². The third-order valence-corrected chi connectivity index (χ3v) is 4.58. The molecule has 0 bridgehead atoms. The number of halogens is 1. The van der Waals surface area contributed by atoms with Crippen LogP contribution in [-0.2, 0) is 11.2 Å². The van der Waals surface area contributed by atoms with Gasteiger partial charge in [0.2, 0.25) is 5.91 Å². The molecule has 1 heterocycles. The van der Waals surface area contributed by atoms with Gasteiger partial charge in [-0.25, -0.2) is 14.4 Å². The highest BCUT2D eigenvalue weighted by atomic mass is 19.1. The monoisotopic (exact) mass is 357 g/mol. The van der Waals surface area contributed by atoms with Crippen molar-refractivity contribution in [3.05, 3.63) is 53.1 Å². The minimum absolute atomic E-state index is 0.0657. The maximum absolute atomic E-state index is 13.6. The van der Waals surface area contributed by atoms with Crippen molar-refractivity contribution in [3.8, 4) is 6.01 Å². The van der Waals surface area contributed by atoms with Gasteiger partial charge in [0, 0.05) is 17.4 Å².